The molecule has 1 aromatic carbocycles. The number of hydrogen-bond acceptors (Lipinski definition) is 1. The second kappa shape index (κ2) is 6.70. The molecule has 0 aliphatic rings. The van der Waals surface area contributed by atoms with Crippen LogP contribution in [0.5, 0.6) is 0 Å². The van der Waals surface area contributed by atoms with E-state index in [1.54, 1.807) is 0 Å². The summed E-state index contributed by atoms with van der Waals surface area (Å²) >= 11 is 0. The van der Waals surface area contributed by atoms with E-state index < -0.39 is 0 Å². The lowest BCUT2D eigenvalue weighted by atomic mass is 9.94. The van der Waals surface area contributed by atoms with Gasteiger partial charge in [-0.1, -0.05) is 52.0 Å². The van der Waals surface area contributed by atoms with Crippen LogP contribution in [0.25, 0.3) is 0 Å². The highest BCUT2D eigenvalue weighted by atomic mass is 14.8. The van der Waals surface area contributed by atoms with E-state index in [0.717, 1.165) is 13.1 Å². The van der Waals surface area contributed by atoms with Gasteiger partial charge in [0.2, 0.25) is 0 Å². The second-order valence-electron chi connectivity index (χ2n) is 4.86. The van der Waals surface area contributed by atoms with Crippen molar-refractivity contribution in [3.05, 3.63) is 35.4 Å². The number of benzene rings is 1. The van der Waals surface area contributed by atoms with Crippen LogP contribution in [0.1, 0.15) is 57.1 Å². The molecule has 0 spiro atoms. The molecular formula is C15H25N. The highest BCUT2D eigenvalue weighted by molar-refractivity contribution is 5.26. The van der Waals surface area contributed by atoms with Crippen LogP contribution in [0.15, 0.2) is 24.3 Å². The van der Waals surface area contributed by atoms with Crippen molar-refractivity contribution in [3.8, 4) is 0 Å². The Bertz CT molecular complexity index is 287. The first-order valence-corrected chi connectivity index (χ1v) is 6.45. The van der Waals surface area contributed by atoms with E-state index in [4.69, 9.17) is 0 Å². The summed E-state index contributed by atoms with van der Waals surface area (Å²) in [6, 6.07) is 9.10. The van der Waals surface area contributed by atoms with E-state index in [1.807, 2.05) is 0 Å². The van der Waals surface area contributed by atoms with Crippen LogP contribution in [0.3, 0.4) is 0 Å². The fraction of sp³-hybridized carbons (Fsp3) is 0.600. The molecule has 0 aliphatic heterocycles. The molecule has 0 fully saturated rings. The van der Waals surface area contributed by atoms with Crippen molar-refractivity contribution >= 4 is 0 Å². The number of hydrogen-bond donors (Lipinski definition) is 1. The first-order valence-electron chi connectivity index (χ1n) is 6.45. The van der Waals surface area contributed by atoms with E-state index in [0.29, 0.717) is 11.8 Å². The molecule has 1 rings (SSSR count). The molecule has 1 N–H and O–H groups in total. The van der Waals surface area contributed by atoms with E-state index in [1.165, 1.54) is 17.5 Å². The van der Waals surface area contributed by atoms with Crippen LogP contribution < -0.4 is 5.32 Å². The van der Waals surface area contributed by atoms with Crippen LogP contribution in [0.4, 0.5) is 0 Å². The van der Waals surface area contributed by atoms with E-state index in [-0.39, 0.29) is 0 Å². The van der Waals surface area contributed by atoms with E-state index >= 15 is 0 Å². The lowest BCUT2D eigenvalue weighted by Gasteiger charge is -2.13. The van der Waals surface area contributed by atoms with Crippen LogP contribution in [-0.2, 0) is 0 Å². The highest BCUT2D eigenvalue weighted by Gasteiger charge is 2.05. The second-order valence-corrected chi connectivity index (χ2v) is 4.86. The molecule has 0 saturated heterocycles. The monoisotopic (exact) mass is 219 g/mol. The van der Waals surface area contributed by atoms with Crippen LogP contribution in [0.2, 0.25) is 0 Å². The average Bonchev–Trinajstić information content (AvgIpc) is 2.29. The zero-order valence-electron chi connectivity index (χ0n) is 11.1. The summed E-state index contributed by atoms with van der Waals surface area (Å²) in [6.07, 6.45) is 1.22. The quantitative estimate of drug-likeness (QED) is 0.715. The van der Waals surface area contributed by atoms with Gasteiger partial charge in [-0.15, -0.1) is 0 Å². The molecular weight excluding hydrogens is 194 g/mol. The Balaban J connectivity index is 2.52. The van der Waals surface area contributed by atoms with Crippen LogP contribution >= 0.6 is 0 Å². The molecule has 90 valence electrons. The first-order chi connectivity index (χ1) is 7.65. The Morgan fingerprint density at radius 3 is 2.06 bits per heavy atom. The van der Waals surface area contributed by atoms with Crippen molar-refractivity contribution in [2.45, 2.75) is 46.0 Å². The fourth-order valence-corrected chi connectivity index (χ4v) is 1.87. The smallest absolute Gasteiger partial charge is 0.00433 e. The van der Waals surface area contributed by atoms with Gasteiger partial charge in [-0.2, -0.15) is 0 Å². The maximum Gasteiger partial charge on any atom is -0.00433 e. The number of nitrogens with one attached hydrogen (secondary N) is 1. The Morgan fingerprint density at radius 1 is 1.00 bits per heavy atom. The standard InChI is InChI=1S/C15H25N/c1-5-16-11-10-13(4)15-8-6-14(7-9-15)12(2)3/h6-9,12-13,16H,5,10-11H2,1-4H3. The molecule has 0 saturated carbocycles. The fourth-order valence-electron chi connectivity index (χ4n) is 1.87. The molecule has 0 radical (unpaired) electrons. The third-order valence-corrected chi connectivity index (χ3v) is 3.18. The maximum absolute atomic E-state index is 3.38. The Morgan fingerprint density at radius 2 is 1.56 bits per heavy atom. The first kappa shape index (κ1) is 13.2. The van der Waals surface area contributed by atoms with Gasteiger partial charge in [-0.05, 0) is 42.5 Å². The molecule has 1 unspecified atom stereocenters. The van der Waals surface area contributed by atoms with Gasteiger partial charge in [-0.25, -0.2) is 0 Å². The van der Waals surface area contributed by atoms with Crippen molar-refractivity contribution in [1.82, 2.24) is 5.32 Å². The largest absolute Gasteiger partial charge is 0.317 e. The van der Waals surface area contributed by atoms with Gasteiger partial charge in [0.15, 0.2) is 0 Å². The highest BCUT2D eigenvalue weighted by Crippen LogP contribution is 2.21. The summed E-state index contributed by atoms with van der Waals surface area (Å²) in [6.45, 7) is 11.1. The Hall–Kier alpha value is -0.820. The molecule has 1 nitrogen and oxygen atoms in total. The van der Waals surface area contributed by atoms with Gasteiger partial charge in [0, 0.05) is 0 Å². The molecule has 1 heteroatoms. The summed E-state index contributed by atoms with van der Waals surface area (Å²) in [4.78, 5) is 0. The SMILES string of the molecule is CCNCCC(C)c1ccc(C(C)C)cc1. The third kappa shape index (κ3) is 3.97. The van der Waals surface area contributed by atoms with E-state index in [2.05, 4.69) is 57.3 Å². The summed E-state index contributed by atoms with van der Waals surface area (Å²) in [5.41, 5.74) is 2.89. The van der Waals surface area contributed by atoms with Crippen molar-refractivity contribution in [1.29, 1.82) is 0 Å². The van der Waals surface area contributed by atoms with Gasteiger partial charge < -0.3 is 5.32 Å². The van der Waals surface area contributed by atoms with E-state index in [9.17, 15) is 0 Å². The maximum atomic E-state index is 3.38. The predicted molar refractivity (Wildman–Crippen MR) is 72.1 cm³/mol. The van der Waals surface area contributed by atoms with Gasteiger partial charge in [0.1, 0.15) is 0 Å². The molecule has 1 atom stereocenters. The average molecular weight is 219 g/mol. The van der Waals surface area contributed by atoms with Crippen molar-refractivity contribution < 1.29 is 0 Å². The lowest BCUT2D eigenvalue weighted by Crippen LogP contribution is -2.15. The summed E-state index contributed by atoms with van der Waals surface area (Å²) in [7, 11) is 0. The van der Waals surface area contributed by atoms with Crippen molar-refractivity contribution in [2.24, 2.45) is 0 Å². The normalized spacial score (nSPS) is 13.1. The summed E-state index contributed by atoms with van der Waals surface area (Å²) < 4.78 is 0. The van der Waals surface area contributed by atoms with Gasteiger partial charge in [0.25, 0.3) is 0 Å². The van der Waals surface area contributed by atoms with Gasteiger partial charge >= 0.3 is 0 Å². The van der Waals surface area contributed by atoms with Gasteiger partial charge in [0.05, 0.1) is 0 Å². The third-order valence-electron chi connectivity index (χ3n) is 3.18. The molecule has 0 aliphatic carbocycles. The minimum atomic E-state index is 0.631. The molecule has 1 aromatic rings. The molecule has 0 amide bonds. The Labute approximate surface area is 100 Å². The van der Waals surface area contributed by atoms with Crippen LogP contribution in [-0.4, -0.2) is 13.1 Å². The topological polar surface area (TPSA) is 12.0 Å². The molecule has 0 aromatic heterocycles. The predicted octanol–water partition coefficient (Wildman–Crippen LogP) is 3.91. The molecule has 16 heavy (non-hydrogen) atoms. The zero-order valence-corrected chi connectivity index (χ0v) is 11.1. The summed E-state index contributed by atoms with van der Waals surface area (Å²) in [5, 5.41) is 3.38. The van der Waals surface area contributed by atoms with Crippen LogP contribution in [0, 0.1) is 0 Å². The van der Waals surface area contributed by atoms with Crippen molar-refractivity contribution in [2.75, 3.05) is 13.1 Å². The summed E-state index contributed by atoms with van der Waals surface area (Å²) in [5.74, 6) is 1.28. The minimum Gasteiger partial charge on any atom is -0.317 e. The lowest BCUT2D eigenvalue weighted by molar-refractivity contribution is 0.608. The Kier molecular flexibility index (Phi) is 5.54. The molecule has 0 heterocycles. The number of rotatable bonds is 6. The zero-order chi connectivity index (χ0) is 12.0. The van der Waals surface area contributed by atoms with Gasteiger partial charge in [-0.3, -0.25) is 0 Å². The minimum absolute atomic E-state index is 0.631. The molecule has 0 bridgehead atoms. The van der Waals surface area contributed by atoms with Crippen molar-refractivity contribution in [3.63, 3.8) is 0 Å².